The maximum Gasteiger partial charge on any atom is 0.335 e. The fraction of sp³-hybridized carbons (Fsp3) is 0.300. The third-order valence-electron chi connectivity index (χ3n) is 4.53. The first-order valence-electron chi connectivity index (χ1n) is 8.22. The Bertz CT molecular complexity index is 815. The zero-order valence-electron chi connectivity index (χ0n) is 14.3. The van der Waals surface area contributed by atoms with E-state index in [0.717, 1.165) is 6.42 Å². The van der Waals surface area contributed by atoms with Crippen LogP contribution in [0.3, 0.4) is 0 Å². The number of carbonyl (C=O) groups is 2. The summed E-state index contributed by atoms with van der Waals surface area (Å²) in [5.74, 6) is -0.931. The van der Waals surface area contributed by atoms with E-state index in [1.54, 1.807) is 19.2 Å². The molecular formula is C20H21NO4. The second kappa shape index (κ2) is 7.07. The van der Waals surface area contributed by atoms with Gasteiger partial charge in [-0.15, -0.1) is 0 Å². The number of rotatable bonds is 6. The Balaban J connectivity index is 1.73. The Hall–Kier alpha value is -2.66. The Labute approximate surface area is 146 Å². The van der Waals surface area contributed by atoms with Gasteiger partial charge >= 0.3 is 5.97 Å². The first kappa shape index (κ1) is 17.2. The van der Waals surface area contributed by atoms with Crippen molar-refractivity contribution in [2.45, 2.75) is 25.9 Å². The predicted molar refractivity (Wildman–Crippen MR) is 94.8 cm³/mol. The molecule has 1 amide bonds. The number of anilines is 1. The molecule has 1 fully saturated rings. The zero-order chi connectivity index (χ0) is 18.0. The van der Waals surface area contributed by atoms with Gasteiger partial charge in [0.25, 0.3) is 0 Å². The molecule has 2 atom stereocenters. The first-order chi connectivity index (χ1) is 12.0. The molecule has 0 saturated heterocycles. The van der Waals surface area contributed by atoms with Crippen molar-refractivity contribution < 1.29 is 19.4 Å². The number of aromatic carboxylic acids is 1. The average molecular weight is 339 g/mol. The van der Waals surface area contributed by atoms with Crippen LogP contribution < -0.4 is 5.32 Å². The molecule has 2 aromatic carbocycles. The van der Waals surface area contributed by atoms with E-state index in [-0.39, 0.29) is 23.3 Å². The number of methoxy groups -OCH3 is 1. The van der Waals surface area contributed by atoms with Gasteiger partial charge in [0.2, 0.25) is 5.91 Å². The van der Waals surface area contributed by atoms with Gasteiger partial charge in [0, 0.05) is 18.7 Å². The van der Waals surface area contributed by atoms with Crippen LogP contribution >= 0.6 is 0 Å². The number of ether oxygens (including phenoxy) is 1. The summed E-state index contributed by atoms with van der Waals surface area (Å²) in [6.07, 6.45) is 0.820. The number of carboxylic acids is 1. The van der Waals surface area contributed by atoms with Crippen molar-refractivity contribution in [1.82, 2.24) is 0 Å². The van der Waals surface area contributed by atoms with Gasteiger partial charge in [-0.05, 0) is 54.2 Å². The molecule has 2 aromatic rings. The van der Waals surface area contributed by atoms with E-state index < -0.39 is 5.97 Å². The summed E-state index contributed by atoms with van der Waals surface area (Å²) >= 11 is 0. The van der Waals surface area contributed by atoms with E-state index in [1.807, 2.05) is 12.1 Å². The lowest BCUT2D eigenvalue weighted by atomic mass is 10.0. The largest absolute Gasteiger partial charge is 0.478 e. The van der Waals surface area contributed by atoms with Crippen LogP contribution in [-0.2, 0) is 16.1 Å². The summed E-state index contributed by atoms with van der Waals surface area (Å²) in [4.78, 5) is 23.8. The third kappa shape index (κ3) is 3.88. The topological polar surface area (TPSA) is 75.6 Å². The molecule has 0 heterocycles. The maximum absolute atomic E-state index is 12.5. The summed E-state index contributed by atoms with van der Waals surface area (Å²) in [7, 11) is 1.54. The zero-order valence-corrected chi connectivity index (χ0v) is 14.3. The number of carboxylic acid groups (broad SMARTS) is 1. The number of hydrogen-bond acceptors (Lipinski definition) is 3. The van der Waals surface area contributed by atoms with Gasteiger partial charge in [0.05, 0.1) is 12.2 Å². The minimum atomic E-state index is -1.03. The molecule has 2 N–H and O–H groups in total. The minimum Gasteiger partial charge on any atom is -0.478 e. The molecule has 0 aromatic heterocycles. The van der Waals surface area contributed by atoms with Crippen LogP contribution in [0.4, 0.5) is 5.69 Å². The Kier molecular flexibility index (Phi) is 4.86. The van der Waals surface area contributed by atoms with Gasteiger partial charge in [-0.25, -0.2) is 4.79 Å². The highest BCUT2D eigenvalue weighted by Crippen LogP contribution is 2.49. The SMILES string of the molecule is COCc1cc(NC(=O)C2CC2c2ccccc2C)cc(C(=O)O)c1. The average Bonchev–Trinajstić information content (AvgIpc) is 3.36. The van der Waals surface area contributed by atoms with Crippen LogP contribution in [-0.4, -0.2) is 24.1 Å². The van der Waals surface area contributed by atoms with Gasteiger partial charge < -0.3 is 15.2 Å². The van der Waals surface area contributed by atoms with E-state index in [9.17, 15) is 14.7 Å². The van der Waals surface area contributed by atoms with Gasteiger partial charge in [-0.2, -0.15) is 0 Å². The second-order valence-corrected chi connectivity index (χ2v) is 6.45. The molecule has 0 radical (unpaired) electrons. The summed E-state index contributed by atoms with van der Waals surface area (Å²) in [5, 5.41) is 12.1. The van der Waals surface area contributed by atoms with Crippen molar-refractivity contribution in [1.29, 1.82) is 0 Å². The Morgan fingerprint density at radius 1 is 1.24 bits per heavy atom. The third-order valence-corrected chi connectivity index (χ3v) is 4.53. The van der Waals surface area contributed by atoms with Crippen molar-refractivity contribution in [2.75, 3.05) is 12.4 Å². The van der Waals surface area contributed by atoms with Gasteiger partial charge in [-0.1, -0.05) is 24.3 Å². The normalized spacial score (nSPS) is 18.6. The molecule has 1 aliphatic rings. The molecular weight excluding hydrogens is 318 g/mol. The molecule has 5 heteroatoms. The lowest BCUT2D eigenvalue weighted by molar-refractivity contribution is -0.117. The van der Waals surface area contributed by atoms with Crippen LogP contribution in [0.2, 0.25) is 0 Å². The van der Waals surface area contributed by atoms with Crippen molar-refractivity contribution in [3.05, 3.63) is 64.7 Å². The van der Waals surface area contributed by atoms with Crippen molar-refractivity contribution in [2.24, 2.45) is 5.92 Å². The minimum absolute atomic E-state index is 0.0690. The van der Waals surface area contributed by atoms with Crippen molar-refractivity contribution in [3.63, 3.8) is 0 Å². The lowest BCUT2D eigenvalue weighted by Gasteiger charge is -2.10. The van der Waals surface area contributed by atoms with E-state index in [0.29, 0.717) is 17.9 Å². The summed E-state index contributed by atoms with van der Waals surface area (Å²) < 4.78 is 5.06. The first-order valence-corrected chi connectivity index (χ1v) is 8.22. The summed E-state index contributed by atoms with van der Waals surface area (Å²) in [5.41, 5.74) is 3.74. The molecule has 25 heavy (non-hydrogen) atoms. The molecule has 0 spiro atoms. The number of benzene rings is 2. The number of aryl methyl sites for hydroxylation is 1. The van der Waals surface area contributed by atoms with Crippen molar-refractivity contribution >= 4 is 17.6 Å². The second-order valence-electron chi connectivity index (χ2n) is 6.45. The number of nitrogens with one attached hydrogen (secondary N) is 1. The highest BCUT2D eigenvalue weighted by atomic mass is 16.5. The fourth-order valence-electron chi connectivity index (χ4n) is 3.20. The van der Waals surface area contributed by atoms with Crippen molar-refractivity contribution in [3.8, 4) is 0 Å². The molecule has 130 valence electrons. The lowest BCUT2D eigenvalue weighted by Crippen LogP contribution is -2.15. The molecule has 3 rings (SSSR count). The maximum atomic E-state index is 12.5. The molecule has 0 bridgehead atoms. The van der Waals surface area contributed by atoms with E-state index >= 15 is 0 Å². The molecule has 0 aliphatic heterocycles. The fourth-order valence-corrected chi connectivity index (χ4v) is 3.20. The molecule has 2 unspecified atom stereocenters. The van der Waals surface area contributed by atoms with Gasteiger partial charge in [0.1, 0.15) is 0 Å². The number of carbonyl (C=O) groups excluding carboxylic acids is 1. The number of hydrogen-bond donors (Lipinski definition) is 2. The molecule has 1 aliphatic carbocycles. The predicted octanol–water partition coefficient (Wildman–Crippen LogP) is 3.58. The van der Waals surface area contributed by atoms with E-state index in [1.165, 1.54) is 17.2 Å². The van der Waals surface area contributed by atoms with Crippen LogP contribution in [0.25, 0.3) is 0 Å². The highest BCUT2D eigenvalue weighted by Gasteiger charge is 2.44. The quantitative estimate of drug-likeness (QED) is 0.843. The van der Waals surface area contributed by atoms with Crippen LogP contribution in [0.1, 0.15) is 39.4 Å². The van der Waals surface area contributed by atoms with Crippen LogP contribution in [0, 0.1) is 12.8 Å². The molecule has 5 nitrogen and oxygen atoms in total. The number of amides is 1. The Morgan fingerprint density at radius 3 is 2.68 bits per heavy atom. The standard InChI is InChI=1S/C20H21NO4/c1-12-5-3-4-6-16(12)17-10-18(17)19(22)21-15-8-13(11-25-2)7-14(9-15)20(23)24/h3-9,17-18H,10-11H2,1-2H3,(H,21,22)(H,23,24). The summed E-state index contributed by atoms with van der Waals surface area (Å²) in [6.45, 7) is 2.34. The monoisotopic (exact) mass is 339 g/mol. The van der Waals surface area contributed by atoms with Crippen LogP contribution in [0.15, 0.2) is 42.5 Å². The summed E-state index contributed by atoms with van der Waals surface area (Å²) in [6, 6.07) is 12.9. The van der Waals surface area contributed by atoms with E-state index in [4.69, 9.17) is 4.74 Å². The molecule has 1 saturated carbocycles. The van der Waals surface area contributed by atoms with Crippen LogP contribution in [0.5, 0.6) is 0 Å². The Morgan fingerprint density at radius 2 is 2.00 bits per heavy atom. The smallest absolute Gasteiger partial charge is 0.335 e. The highest BCUT2D eigenvalue weighted by molar-refractivity contribution is 5.97. The van der Waals surface area contributed by atoms with E-state index in [2.05, 4.69) is 24.4 Å². The van der Waals surface area contributed by atoms with Gasteiger partial charge in [-0.3, -0.25) is 4.79 Å². The van der Waals surface area contributed by atoms with Gasteiger partial charge in [0.15, 0.2) is 0 Å².